The SMILES string of the molecule is C=C/C(=C\C)CN(C)C[C@H](C)C(=O)c1cccc(OC)c1. The lowest BCUT2D eigenvalue weighted by Gasteiger charge is -2.21. The molecule has 0 bridgehead atoms. The normalized spacial score (nSPS) is 13.1. The Morgan fingerprint density at radius 2 is 2.19 bits per heavy atom. The molecule has 0 unspecified atom stereocenters. The lowest BCUT2D eigenvalue weighted by atomic mass is 9.98. The lowest BCUT2D eigenvalue weighted by molar-refractivity contribution is 0.0905. The van der Waals surface area contributed by atoms with Gasteiger partial charge in [0.1, 0.15) is 5.75 Å². The molecular weight excluding hydrogens is 262 g/mol. The molecular formula is C18H25NO2. The summed E-state index contributed by atoms with van der Waals surface area (Å²) in [6.07, 6.45) is 3.89. The van der Waals surface area contributed by atoms with Gasteiger partial charge in [-0.2, -0.15) is 0 Å². The summed E-state index contributed by atoms with van der Waals surface area (Å²) in [6, 6.07) is 7.32. The summed E-state index contributed by atoms with van der Waals surface area (Å²) >= 11 is 0. The van der Waals surface area contributed by atoms with Gasteiger partial charge in [-0.1, -0.05) is 37.8 Å². The molecule has 0 N–H and O–H groups in total. The van der Waals surface area contributed by atoms with Gasteiger partial charge in [-0.05, 0) is 31.7 Å². The molecule has 0 aromatic heterocycles. The summed E-state index contributed by atoms with van der Waals surface area (Å²) in [4.78, 5) is 14.6. The predicted octanol–water partition coefficient (Wildman–Crippen LogP) is 3.58. The van der Waals surface area contributed by atoms with Crippen LogP contribution in [0.3, 0.4) is 0 Å². The number of hydrogen-bond acceptors (Lipinski definition) is 3. The monoisotopic (exact) mass is 287 g/mol. The second-order valence-corrected chi connectivity index (χ2v) is 5.26. The quantitative estimate of drug-likeness (QED) is 0.540. The van der Waals surface area contributed by atoms with E-state index in [-0.39, 0.29) is 11.7 Å². The summed E-state index contributed by atoms with van der Waals surface area (Å²) in [5.74, 6) is 0.788. The molecule has 0 radical (unpaired) electrons. The Morgan fingerprint density at radius 1 is 1.48 bits per heavy atom. The van der Waals surface area contributed by atoms with Gasteiger partial charge in [0.25, 0.3) is 0 Å². The van der Waals surface area contributed by atoms with E-state index in [1.807, 2.05) is 51.2 Å². The number of ketones is 1. The molecule has 3 heteroatoms. The zero-order valence-corrected chi connectivity index (χ0v) is 13.4. The van der Waals surface area contributed by atoms with Crippen LogP contribution in [0.2, 0.25) is 0 Å². The standard InChI is InChI=1S/C18H25NO2/c1-6-15(7-2)13-19(4)12-14(3)18(20)16-9-8-10-17(11-16)21-5/h6-11,14H,1,12-13H2,2-5H3/b15-7+/t14-/m0/s1. The summed E-state index contributed by atoms with van der Waals surface area (Å²) in [7, 11) is 3.62. The van der Waals surface area contributed by atoms with E-state index < -0.39 is 0 Å². The van der Waals surface area contributed by atoms with Gasteiger partial charge in [-0.3, -0.25) is 4.79 Å². The highest BCUT2D eigenvalue weighted by atomic mass is 16.5. The van der Waals surface area contributed by atoms with E-state index in [9.17, 15) is 4.79 Å². The summed E-state index contributed by atoms with van der Waals surface area (Å²) < 4.78 is 5.17. The molecule has 0 aliphatic heterocycles. The maximum atomic E-state index is 12.5. The highest BCUT2D eigenvalue weighted by Gasteiger charge is 2.17. The first-order chi connectivity index (χ1) is 10.0. The molecule has 1 rings (SSSR count). The van der Waals surface area contributed by atoms with Crippen LogP contribution in [0.15, 0.2) is 48.6 Å². The Bertz CT molecular complexity index is 520. The fourth-order valence-electron chi connectivity index (χ4n) is 2.26. The van der Waals surface area contributed by atoms with Gasteiger partial charge in [0.2, 0.25) is 0 Å². The first kappa shape index (κ1) is 17.2. The Labute approximate surface area is 127 Å². The number of methoxy groups -OCH3 is 1. The average Bonchev–Trinajstić information content (AvgIpc) is 2.51. The topological polar surface area (TPSA) is 29.5 Å². The van der Waals surface area contributed by atoms with Crippen molar-refractivity contribution in [1.82, 2.24) is 4.90 Å². The van der Waals surface area contributed by atoms with Gasteiger partial charge in [-0.15, -0.1) is 0 Å². The third-order valence-electron chi connectivity index (χ3n) is 3.47. The van der Waals surface area contributed by atoms with Gasteiger partial charge in [-0.25, -0.2) is 0 Å². The Hall–Kier alpha value is -1.87. The maximum Gasteiger partial charge on any atom is 0.167 e. The fourth-order valence-corrected chi connectivity index (χ4v) is 2.26. The fraction of sp³-hybridized carbons (Fsp3) is 0.389. The number of carbonyl (C=O) groups is 1. The zero-order valence-electron chi connectivity index (χ0n) is 13.4. The van der Waals surface area contributed by atoms with E-state index >= 15 is 0 Å². The molecule has 1 aromatic carbocycles. The number of allylic oxidation sites excluding steroid dienone is 1. The molecule has 1 aromatic rings. The van der Waals surface area contributed by atoms with E-state index in [2.05, 4.69) is 11.5 Å². The first-order valence-corrected chi connectivity index (χ1v) is 7.16. The third kappa shape index (κ3) is 5.20. The number of benzene rings is 1. The summed E-state index contributed by atoms with van der Waals surface area (Å²) in [5, 5.41) is 0. The number of carbonyl (C=O) groups excluding carboxylic acids is 1. The zero-order chi connectivity index (χ0) is 15.8. The van der Waals surface area contributed by atoms with Gasteiger partial charge < -0.3 is 9.64 Å². The van der Waals surface area contributed by atoms with Crippen molar-refractivity contribution in [1.29, 1.82) is 0 Å². The molecule has 3 nitrogen and oxygen atoms in total. The van der Waals surface area contributed by atoms with Gasteiger partial charge in [0.15, 0.2) is 5.78 Å². The number of ether oxygens (including phenoxy) is 1. The minimum Gasteiger partial charge on any atom is -0.497 e. The number of rotatable bonds is 8. The second kappa shape index (κ2) is 8.42. The largest absolute Gasteiger partial charge is 0.497 e. The molecule has 0 aliphatic carbocycles. The van der Waals surface area contributed by atoms with E-state index in [4.69, 9.17) is 4.74 Å². The minimum atomic E-state index is -0.0648. The first-order valence-electron chi connectivity index (χ1n) is 7.16. The van der Waals surface area contributed by atoms with Crippen molar-refractivity contribution < 1.29 is 9.53 Å². The van der Waals surface area contributed by atoms with Crippen LogP contribution in [0.1, 0.15) is 24.2 Å². The maximum absolute atomic E-state index is 12.5. The Balaban J connectivity index is 2.67. The van der Waals surface area contributed by atoms with Crippen LogP contribution in [0.25, 0.3) is 0 Å². The highest BCUT2D eigenvalue weighted by molar-refractivity contribution is 5.98. The smallest absolute Gasteiger partial charge is 0.167 e. The van der Waals surface area contributed by atoms with E-state index in [1.54, 1.807) is 13.2 Å². The third-order valence-corrected chi connectivity index (χ3v) is 3.47. The number of nitrogens with zero attached hydrogens (tertiary/aromatic N) is 1. The van der Waals surface area contributed by atoms with Crippen molar-refractivity contribution >= 4 is 5.78 Å². The van der Waals surface area contributed by atoms with Crippen LogP contribution in [0.5, 0.6) is 5.75 Å². The minimum absolute atomic E-state index is 0.0648. The number of Topliss-reactive ketones (excluding diaryl/α,β-unsaturated/α-hetero) is 1. The molecule has 114 valence electrons. The van der Waals surface area contributed by atoms with Crippen LogP contribution in [-0.4, -0.2) is 37.9 Å². The Morgan fingerprint density at radius 3 is 2.76 bits per heavy atom. The number of likely N-dealkylation sites (N-methyl/N-ethyl adjacent to an activating group) is 1. The second-order valence-electron chi connectivity index (χ2n) is 5.26. The molecule has 1 atom stereocenters. The Kier molecular flexibility index (Phi) is 6.89. The van der Waals surface area contributed by atoms with Crippen LogP contribution in [0.4, 0.5) is 0 Å². The molecule has 21 heavy (non-hydrogen) atoms. The van der Waals surface area contributed by atoms with Crippen molar-refractivity contribution in [3.63, 3.8) is 0 Å². The predicted molar refractivity (Wildman–Crippen MR) is 87.9 cm³/mol. The van der Waals surface area contributed by atoms with Crippen LogP contribution >= 0.6 is 0 Å². The van der Waals surface area contributed by atoms with Crippen molar-refractivity contribution in [2.24, 2.45) is 5.92 Å². The molecule has 0 heterocycles. The molecule has 0 spiro atoms. The summed E-state index contributed by atoms with van der Waals surface area (Å²) in [5.41, 5.74) is 1.86. The van der Waals surface area contributed by atoms with Gasteiger partial charge in [0.05, 0.1) is 7.11 Å². The number of hydrogen-bond donors (Lipinski definition) is 0. The van der Waals surface area contributed by atoms with E-state index in [0.29, 0.717) is 17.9 Å². The average molecular weight is 287 g/mol. The molecule has 0 aliphatic rings. The highest BCUT2D eigenvalue weighted by Crippen LogP contribution is 2.16. The van der Waals surface area contributed by atoms with Crippen molar-refractivity contribution in [3.8, 4) is 5.75 Å². The van der Waals surface area contributed by atoms with Crippen molar-refractivity contribution in [2.75, 3.05) is 27.2 Å². The van der Waals surface area contributed by atoms with Crippen LogP contribution in [-0.2, 0) is 0 Å². The summed E-state index contributed by atoms with van der Waals surface area (Å²) in [6.45, 7) is 9.26. The molecule has 0 amide bonds. The van der Waals surface area contributed by atoms with Gasteiger partial charge in [0, 0.05) is 24.6 Å². The van der Waals surface area contributed by atoms with E-state index in [1.165, 1.54) is 5.57 Å². The lowest BCUT2D eigenvalue weighted by Crippen LogP contribution is -2.30. The van der Waals surface area contributed by atoms with Crippen LogP contribution in [0, 0.1) is 5.92 Å². The molecule has 0 saturated heterocycles. The molecule has 0 saturated carbocycles. The van der Waals surface area contributed by atoms with Gasteiger partial charge >= 0.3 is 0 Å². The van der Waals surface area contributed by atoms with Crippen molar-refractivity contribution in [2.45, 2.75) is 13.8 Å². The molecule has 0 fully saturated rings. The van der Waals surface area contributed by atoms with Crippen molar-refractivity contribution in [3.05, 3.63) is 54.1 Å². The van der Waals surface area contributed by atoms with E-state index in [0.717, 1.165) is 6.54 Å². The van der Waals surface area contributed by atoms with Crippen LogP contribution < -0.4 is 4.74 Å².